The van der Waals surface area contributed by atoms with Gasteiger partial charge in [0.25, 0.3) is 0 Å². The molecule has 0 aromatic heterocycles. The van der Waals surface area contributed by atoms with E-state index in [2.05, 4.69) is 71.7 Å². The van der Waals surface area contributed by atoms with Gasteiger partial charge in [-0.2, -0.15) is 0 Å². The smallest absolute Gasteiger partial charge is 0.0367 e. The monoisotopic (exact) mass is 414 g/mol. The first-order valence-electron chi connectivity index (χ1n) is 12.5. The van der Waals surface area contributed by atoms with Crippen molar-refractivity contribution >= 4 is 5.69 Å². The summed E-state index contributed by atoms with van der Waals surface area (Å²) in [6, 6.07) is 9.99. The van der Waals surface area contributed by atoms with Crippen LogP contribution >= 0.6 is 0 Å². The Labute approximate surface area is 186 Å². The molecule has 1 aromatic carbocycles. The summed E-state index contributed by atoms with van der Waals surface area (Å²) in [5, 5.41) is 0. The third-order valence-corrected chi connectivity index (χ3v) is 7.22. The largest absolute Gasteiger partial charge is 0.369 e. The maximum absolute atomic E-state index is 2.69. The highest BCUT2D eigenvalue weighted by Crippen LogP contribution is 2.22. The number of hydrogen-bond donors (Lipinski definition) is 0. The van der Waals surface area contributed by atoms with Gasteiger partial charge in [0.05, 0.1) is 0 Å². The van der Waals surface area contributed by atoms with Crippen molar-refractivity contribution in [2.24, 2.45) is 5.92 Å². The van der Waals surface area contributed by atoms with Crippen molar-refractivity contribution in [2.45, 2.75) is 65.5 Å². The van der Waals surface area contributed by atoms with Crippen LogP contribution in [0.3, 0.4) is 0 Å². The summed E-state index contributed by atoms with van der Waals surface area (Å²) >= 11 is 0. The van der Waals surface area contributed by atoms with E-state index in [1.54, 1.807) is 0 Å². The molecule has 3 rings (SSSR count). The molecule has 0 amide bonds. The van der Waals surface area contributed by atoms with Gasteiger partial charge < -0.3 is 14.7 Å². The maximum atomic E-state index is 2.69. The number of anilines is 1. The lowest BCUT2D eigenvalue weighted by molar-refractivity contribution is 0.169. The number of rotatable bonds is 10. The molecule has 0 unspecified atom stereocenters. The molecule has 170 valence electrons. The Kier molecular flexibility index (Phi) is 9.48. The van der Waals surface area contributed by atoms with Gasteiger partial charge in [-0.3, -0.25) is 4.90 Å². The second-order valence-electron chi connectivity index (χ2n) is 9.95. The standard InChI is InChI=1S/C26H46N4/c1-5-7-24-12-16-28(17-13-24)15-6-14-27(4)22-25-8-10-26(11-9-25)30-20-18-29(19-21-30)23(2)3/h8-11,23-24H,5-7,12-22H2,1-4H3. The molecule has 2 aliphatic rings. The lowest BCUT2D eigenvalue weighted by Crippen LogP contribution is -2.48. The van der Waals surface area contributed by atoms with Gasteiger partial charge in [-0.15, -0.1) is 0 Å². The first-order valence-corrected chi connectivity index (χ1v) is 12.5. The molecule has 0 N–H and O–H groups in total. The third-order valence-electron chi connectivity index (χ3n) is 7.22. The quantitative estimate of drug-likeness (QED) is 0.557. The lowest BCUT2D eigenvalue weighted by atomic mass is 9.92. The molecule has 0 radical (unpaired) electrons. The highest BCUT2D eigenvalue weighted by atomic mass is 15.3. The number of piperazine rings is 1. The summed E-state index contributed by atoms with van der Waals surface area (Å²) < 4.78 is 0. The third kappa shape index (κ3) is 7.25. The maximum Gasteiger partial charge on any atom is 0.0367 e. The molecular formula is C26H46N4. The van der Waals surface area contributed by atoms with Crippen LogP contribution in [0.1, 0.15) is 58.4 Å². The average molecular weight is 415 g/mol. The number of hydrogen-bond acceptors (Lipinski definition) is 4. The van der Waals surface area contributed by atoms with Crippen molar-refractivity contribution in [3.8, 4) is 0 Å². The molecule has 2 heterocycles. The SMILES string of the molecule is CCCC1CCN(CCCN(C)Cc2ccc(N3CCN(C(C)C)CC3)cc2)CC1. The summed E-state index contributed by atoms with van der Waals surface area (Å²) in [6.45, 7) is 17.7. The summed E-state index contributed by atoms with van der Waals surface area (Å²) in [7, 11) is 2.27. The molecule has 4 nitrogen and oxygen atoms in total. The Morgan fingerprint density at radius 2 is 1.63 bits per heavy atom. The zero-order chi connectivity index (χ0) is 21.3. The van der Waals surface area contributed by atoms with Crippen LogP contribution in [0.15, 0.2) is 24.3 Å². The predicted octanol–water partition coefficient (Wildman–Crippen LogP) is 4.55. The zero-order valence-corrected chi connectivity index (χ0v) is 20.2. The van der Waals surface area contributed by atoms with Gasteiger partial charge in [0.15, 0.2) is 0 Å². The minimum absolute atomic E-state index is 0.665. The van der Waals surface area contributed by atoms with Gasteiger partial charge in [0.2, 0.25) is 0 Å². The van der Waals surface area contributed by atoms with Crippen molar-refractivity contribution < 1.29 is 0 Å². The molecule has 4 heteroatoms. The van der Waals surface area contributed by atoms with Crippen LogP contribution in [0.2, 0.25) is 0 Å². The van der Waals surface area contributed by atoms with Crippen molar-refractivity contribution in [3.05, 3.63) is 29.8 Å². The second-order valence-corrected chi connectivity index (χ2v) is 9.95. The topological polar surface area (TPSA) is 13.0 Å². The molecular weight excluding hydrogens is 368 g/mol. The van der Waals surface area contributed by atoms with Gasteiger partial charge in [-0.05, 0) is 90.0 Å². The van der Waals surface area contributed by atoms with Gasteiger partial charge in [0, 0.05) is 44.5 Å². The molecule has 0 bridgehead atoms. The van der Waals surface area contributed by atoms with Gasteiger partial charge in [-0.25, -0.2) is 0 Å². The first-order chi connectivity index (χ1) is 14.5. The van der Waals surface area contributed by atoms with E-state index in [1.165, 1.54) is 82.6 Å². The number of piperidine rings is 1. The van der Waals surface area contributed by atoms with E-state index in [1.807, 2.05) is 0 Å². The molecule has 1 aromatic rings. The molecule has 0 aliphatic carbocycles. The van der Waals surface area contributed by atoms with Crippen LogP contribution in [0, 0.1) is 5.92 Å². The van der Waals surface area contributed by atoms with Crippen molar-refractivity contribution in [3.63, 3.8) is 0 Å². The molecule has 0 saturated carbocycles. The molecule has 2 aliphatic heterocycles. The zero-order valence-electron chi connectivity index (χ0n) is 20.2. The fraction of sp³-hybridized carbons (Fsp3) is 0.769. The molecule has 0 atom stereocenters. The fourth-order valence-corrected chi connectivity index (χ4v) is 5.17. The van der Waals surface area contributed by atoms with Crippen molar-refractivity contribution in [1.29, 1.82) is 0 Å². The molecule has 2 saturated heterocycles. The van der Waals surface area contributed by atoms with Crippen molar-refractivity contribution in [1.82, 2.24) is 14.7 Å². The normalized spacial score (nSPS) is 19.9. The number of likely N-dealkylation sites (tertiary alicyclic amines) is 1. The van der Waals surface area contributed by atoms with E-state index in [4.69, 9.17) is 0 Å². The lowest BCUT2D eigenvalue weighted by Gasteiger charge is -2.38. The Morgan fingerprint density at radius 1 is 0.967 bits per heavy atom. The van der Waals surface area contributed by atoms with Crippen LogP contribution in [0.4, 0.5) is 5.69 Å². The Hall–Kier alpha value is -1.10. The molecule has 30 heavy (non-hydrogen) atoms. The Morgan fingerprint density at radius 3 is 2.23 bits per heavy atom. The average Bonchev–Trinajstić information content (AvgIpc) is 2.76. The Balaban J connectivity index is 1.33. The Bertz CT molecular complexity index is 584. The minimum Gasteiger partial charge on any atom is -0.369 e. The number of benzene rings is 1. The fourth-order valence-electron chi connectivity index (χ4n) is 5.17. The minimum atomic E-state index is 0.665. The van der Waals surface area contributed by atoms with E-state index in [0.717, 1.165) is 25.6 Å². The van der Waals surface area contributed by atoms with Gasteiger partial charge in [0.1, 0.15) is 0 Å². The first kappa shape index (κ1) is 23.6. The van der Waals surface area contributed by atoms with Crippen LogP contribution in [0.5, 0.6) is 0 Å². The van der Waals surface area contributed by atoms with Crippen LogP contribution in [0.25, 0.3) is 0 Å². The van der Waals surface area contributed by atoms with E-state index < -0.39 is 0 Å². The number of nitrogens with zero attached hydrogens (tertiary/aromatic N) is 4. The van der Waals surface area contributed by atoms with Gasteiger partial charge >= 0.3 is 0 Å². The highest BCUT2D eigenvalue weighted by Gasteiger charge is 2.19. The highest BCUT2D eigenvalue weighted by molar-refractivity contribution is 5.48. The van der Waals surface area contributed by atoms with Gasteiger partial charge in [-0.1, -0.05) is 31.9 Å². The summed E-state index contributed by atoms with van der Waals surface area (Å²) in [6.07, 6.45) is 6.91. The van der Waals surface area contributed by atoms with Crippen LogP contribution in [-0.4, -0.2) is 80.1 Å². The summed E-state index contributed by atoms with van der Waals surface area (Å²) in [5.41, 5.74) is 2.82. The molecule has 2 fully saturated rings. The second kappa shape index (κ2) is 12.1. The summed E-state index contributed by atoms with van der Waals surface area (Å²) in [5.74, 6) is 0.996. The van der Waals surface area contributed by atoms with E-state index in [9.17, 15) is 0 Å². The van der Waals surface area contributed by atoms with E-state index in [-0.39, 0.29) is 0 Å². The predicted molar refractivity (Wildman–Crippen MR) is 130 cm³/mol. The summed E-state index contributed by atoms with van der Waals surface area (Å²) in [4.78, 5) is 10.3. The van der Waals surface area contributed by atoms with E-state index in [0.29, 0.717) is 6.04 Å². The van der Waals surface area contributed by atoms with E-state index >= 15 is 0 Å². The van der Waals surface area contributed by atoms with Crippen LogP contribution < -0.4 is 4.90 Å². The van der Waals surface area contributed by atoms with Crippen LogP contribution in [-0.2, 0) is 6.54 Å². The van der Waals surface area contributed by atoms with Crippen molar-refractivity contribution in [2.75, 3.05) is 64.3 Å². The molecule has 0 spiro atoms.